The number of methoxy groups -OCH3 is 3. The van der Waals surface area contributed by atoms with Crippen molar-refractivity contribution in [1.29, 1.82) is 0 Å². The highest BCUT2D eigenvalue weighted by Gasteiger charge is 2.47. The number of thioether (sulfide) groups is 1. The first kappa shape index (κ1) is 24.7. The number of aliphatic imine (C=N–C) groups is 1. The molecular weight excluding hydrogens is 468 g/mol. The van der Waals surface area contributed by atoms with Gasteiger partial charge in [0.05, 0.1) is 43.9 Å². The van der Waals surface area contributed by atoms with Crippen molar-refractivity contribution in [2.24, 2.45) is 4.99 Å². The predicted molar refractivity (Wildman–Crippen MR) is 134 cm³/mol. The number of carbonyl (C=O) groups is 2. The highest BCUT2D eigenvalue weighted by molar-refractivity contribution is 8.15. The van der Waals surface area contributed by atoms with Crippen LogP contribution in [-0.2, 0) is 20.9 Å². The van der Waals surface area contributed by atoms with Gasteiger partial charge in [0.2, 0.25) is 11.7 Å². The molecule has 1 saturated heterocycles. The number of nitrogens with zero attached hydrogens (tertiary/aromatic N) is 2. The van der Waals surface area contributed by atoms with Gasteiger partial charge in [-0.2, -0.15) is 0 Å². The number of amidine groups is 1. The summed E-state index contributed by atoms with van der Waals surface area (Å²) in [5.74, 6) is 0.631. The third-order valence-electron chi connectivity index (χ3n) is 5.96. The molecule has 0 N–H and O–H groups in total. The zero-order chi connectivity index (χ0) is 25.1. The van der Waals surface area contributed by atoms with Crippen LogP contribution in [0.5, 0.6) is 17.2 Å². The van der Waals surface area contributed by atoms with E-state index in [0.29, 0.717) is 45.7 Å². The number of hydrogen-bond acceptors (Lipinski definition) is 8. The van der Waals surface area contributed by atoms with E-state index in [9.17, 15) is 9.59 Å². The number of carbonyl (C=O) groups excluding carboxylic acids is 2. The molecule has 2 atom stereocenters. The molecule has 0 aromatic heterocycles. The van der Waals surface area contributed by atoms with Gasteiger partial charge in [-0.1, -0.05) is 49.0 Å². The van der Waals surface area contributed by atoms with Crippen LogP contribution in [0.1, 0.15) is 37.4 Å². The largest absolute Gasteiger partial charge is 0.493 e. The molecule has 0 bridgehead atoms. The van der Waals surface area contributed by atoms with Crippen molar-refractivity contribution in [3.05, 3.63) is 64.9 Å². The topological polar surface area (TPSA) is 86.7 Å². The molecule has 2 heterocycles. The van der Waals surface area contributed by atoms with E-state index in [-0.39, 0.29) is 17.8 Å². The van der Waals surface area contributed by atoms with E-state index in [1.807, 2.05) is 37.3 Å². The zero-order valence-electron chi connectivity index (χ0n) is 20.4. The second-order valence-electron chi connectivity index (χ2n) is 8.04. The summed E-state index contributed by atoms with van der Waals surface area (Å²) in [6.45, 7) is 3.83. The minimum absolute atomic E-state index is 0.101. The van der Waals surface area contributed by atoms with Crippen molar-refractivity contribution < 1.29 is 28.5 Å². The highest BCUT2D eigenvalue weighted by Crippen LogP contribution is 2.47. The third kappa shape index (κ3) is 4.60. The second kappa shape index (κ2) is 10.4. The van der Waals surface area contributed by atoms with E-state index in [1.54, 1.807) is 24.0 Å². The van der Waals surface area contributed by atoms with Crippen LogP contribution in [0.4, 0.5) is 0 Å². The quantitative estimate of drug-likeness (QED) is 0.498. The summed E-state index contributed by atoms with van der Waals surface area (Å²) >= 11 is 1.41. The third-order valence-corrected chi connectivity index (χ3v) is 7.28. The molecule has 0 spiro atoms. The lowest BCUT2D eigenvalue weighted by Crippen LogP contribution is -2.40. The Morgan fingerprint density at radius 1 is 1.06 bits per heavy atom. The first-order valence-corrected chi connectivity index (χ1v) is 12.1. The van der Waals surface area contributed by atoms with Gasteiger partial charge in [-0.3, -0.25) is 9.69 Å². The Kier molecular flexibility index (Phi) is 7.35. The van der Waals surface area contributed by atoms with Crippen LogP contribution in [0.3, 0.4) is 0 Å². The van der Waals surface area contributed by atoms with E-state index in [1.165, 1.54) is 33.1 Å². The Bertz CT molecular complexity index is 1170. The minimum atomic E-state index is -0.754. The van der Waals surface area contributed by atoms with Gasteiger partial charge in [-0.05, 0) is 36.6 Å². The van der Waals surface area contributed by atoms with Crippen LogP contribution in [0, 0.1) is 0 Å². The smallest absolute Gasteiger partial charge is 0.338 e. The molecule has 8 nitrogen and oxygen atoms in total. The number of esters is 1. The van der Waals surface area contributed by atoms with Gasteiger partial charge in [0.1, 0.15) is 6.61 Å². The summed E-state index contributed by atoms with van der Waals surface area (Å²) in [6, 6.07) is 12.2. The van der Waals surface area contributed by atoms with Gasteiger partial charge in [0, 0.05) is 0 Å². The fraction of sp³-hybridized carbons (Fsp3) is 0.346. The molecule has 35 heavy (non-hydrogen) atoms. The number of benzene rings is 2. The molecule has 1 amide bonds. The van der Waals surface area contributed by atoms with Crippen LogP contribution >= 0.6 is 11.8 Å². The van der Waals surface area contributed by atoms with Crippen LogP contribution < -0.4 is 14.2 Å². The first-order chi connectivity index (χ1) is 16.9. The Hall–Kier alpha value is -3.46. The average molecular weight is 497 g/mol. The van der Waals surface area contributed by atoms with Crippen molar-refractivity contribution in [3.8, 4) is 17.2 Å². The molecule has 2 aromatic carbocycles. The number of allylic oxidation sites excluding steroid dienone is 1. The molecule has 0 unspecified atom stereocenters. The van der Waals surface area contributed by atoms with Crippen LogP contribution in [0.25, 0.3) is 0 Å². The summed E-state index contributed by atoms with van der Waals surface area (Å²) in [6.07, 6.45) is 0.647. The second-order valence-corrected chi connectivity index (χ2v) is 9.21. The van der Waals surface area contributed by atoms with Crippen molar-refractivity contribution in [3.63, 3.8) is 0 Å². The number of fused-ring (bicyclic) bond motifs is 1. The molecule has 9 heteroatoms. The first-order valence-electron chi connectivity index (χ1n) is 11.2. The lowest BCUT2D eigenvalue weighted by molar-refractivity contribution is -0.141. The maximum absolute atomic E-state index is 13.5. The minimum Gasteiger partial charge on any atom is -0.493 e. The van der Waals surface area contributed by atoms with Crippen LogP contribution in [-0.4, -0.2) is 48.5 Å². The maximum Gasteiger partial charge on any atom is 0.338 e. The van der Waals surface area contributed by atoms with Gasteiger partial charge in [0.25, 0.3) is 0 Å². The molecule has 2 aliphatic heterocycles. The van der Waals surface area contributed by atoms with E-state index >= 15 is 0 Å². The number of rotatable bonds is 8. The highest BCUT2D eigenvalue weighted by atomic mass is 32.2. The number of amides is 1. The van der Waals surface area contributed by atoms with Crippen molar-refractivity contribution in [2.45, 2.75) is 38.2 Å². The zero-order valence-corrected chi connectivity index (χ0v) is 21.2. The van der Waals surface area contributed by atoms with Gasteiger partial charge in [0.15, 0.2) is 16.7 Å². The van der Waals surface area contributed by atoms with Gasteiger partial charge in [-0.25, -0.2) is 9.79 Å². The van der Waals surface area contributed by atoms with Gasteiger partial charge < -0.3 is 18.9 Å². The number of ether oxygens (including phenoxy) is 4. The maximum atomic E-state index is 13.5. The molecule has 0 aliphatic carbocycles. The Labute approximate surface area is 208 Å². The summed E-state index contributed by atoms with van der Waals surface area (Å²) in [7, 11) is 4.57. The summed E-state index contributed by atoms with van der Waals surface area (Å²) in [4.78, 5) is 33.1. The van der Waals surface area contributed by atoms with Crippen molar-refractivity contribution >= 4 is 28.8 Å². The Morgan fingerprint density at radius 2 is 1.71 bits per heavy atom. The lowest BCUT2D eigenvalue weighted by atomic mass is 9.93. The monoisotopic (exact) mass is 496 g/mol. The van der Waals surface area contributed by atoms with E-state index in [4.69, 9.17) is 18.9 Å². The predicted octanol–water partition coefficient (Wildman–Crippen LogP) is 4.49. The average Bonchev–Trinajstić information content (AvgIpc) is 3.20. The molecule has 0 radical (unpaired) electrons. The molecule has 2 aromatic rings. The number of hydrogen-bond donors (Lipinski definition) is 0. The fourth-order valence-electron chi connectivity index (χ4n) is 4.23. The van der Waals surface area contributed by atoms with Crippen LogP contribution in [0.15, 0.2) is 58.7 Å². The van der Waals surface area contributed by atoms with E-state index in [0.717, 1.165) is 5.56 Å². The molecule has 184 valence electrons. The Balaban J connectivity index is 1.81. The molecule has 2 aliphatic rings. The standard InChI is InChI=1S/C26H28N2O6S/c1-6-20-24(29)28-22(17-12-18(31-3)23(33-5)19(13-17)32-4)21(15(2)27-26(28)35-20)25(30)34-14-16-10-8-7-9-11-16/h7-13,20,22H,6,14H2,1-5H3/t20-,22+/m0/s1. The summed E-state index contributed by atoms with van der Waals surface area (Å²) in [5.41, 5.74) is 2.29. The Morgan fingerprint density at radius 3 is 2.29 bits per heavy atom. The van der Waals surface area contributed by atoms with Gasteiger partial charge in [-0.15, -0.1) is 0 Å². The van der Waals surface area contributed by atoms with Gasteiger partial charge >= 0.3 is 5.97 Å². The molecular formula is C26H28N2O6S. The molecule has 4 rings (SSSR count). The van der Waals surface area contributed by atoms with E-state index < -0.39 is 12.0 Å². The van der Waals surface area contributed by atoms with Crippen LogP contribution in [0.2, 0.25) is 0 Å². The summed E-state index contributed by atoms with van der Waals surface area (Å²) < 4.78 is 22.2. The van der Waals surface area contributed by atoms with E-state index in [2.05, 4.69) is 4.99 Å². The van der Waals surface area contributed by atoms with Crippen molar-refractivity contribution in [2.75, 3.05) is 21.3 Å². The SMILES string of the molecule is CC[C@@H]1SC2=NC(C)=C(C(=O)OCc3ccccc3)[C@@H](c3cc(OC)c(OC)c(OC)c3)N2C1=O. The molecule has 1 fully saturated rings. The van der Waals surface area contributed by atoms with Crippen molar-refractivity contribution in [1.82, 2.24) is 4.90 Å². The lowest BCUT2D eigenvalue weighted by Gasteiger charge is -2.33. The molecule has 0 saturated carbocycles. The summed E-state index contributed by atoms with van der Waals surface area (Å²) in [5, 5.41) is 0.295. The fourth-order valence-corrected chi connectivity index (χ4v) is 5.36. The normalized spacial score (nSPS) is 19.3.